The van der Waals surface area contributed by atoms with Gasteiger partial charge in [-0.2, -0.15) is 0 Å². The van der Waals surface area contributed by atoms with Crippen LogP contribution in [0.5, 0.6) is 5.75 Å². The number of anilines is 1. The van der Waals surface area contributed by atoms with Crippen molar-refractivity contribution >= 4 is 27.7 Å². The highest BCUT2D eigenvalue weighted by Crippen LogP contribution is 2.27. The maximum absolute atomic E-state index is 11.5. The highest BCUT2D eigenvalue weighted by molar-refractivity contribution is 9.10. The highest BCUT2D eigenvalue weighted by Gasteiger charge is 2.16. The molecule has 0 saturated heterocycles. The van der Waals surface area contributed by atoms with E-state index in [9.17, 15) is 4.79 Å². The summed E-state index contributed by atoms with van der Waals surface area (Å²) in [5.74, 6) is 0.612. The molecule has 0 aromatic heterocycles. The van der Waals surface area contributed by atoms with Crippen LogP contribution in [0.25, 0.3) is 0 Å². The fraction of sp³-hybridized carbons (Fsp3) is 0.417. The lowest BCUT2D eigenvalue weighted by molar-refractivity contribution is 0.0541. The van der Waals surface area contributed by atoms with E-state index in [0.29, 0.717) is 11.4 Å². The Balaban J connectivity index is 2.61. The number of carbonyl (C=O) groups is 1. The third-order valence-electron chi connectivity index (χ3n) is 1.86. The molecule has 1 amide bonds. The summed E-state index contributed by atoms with van der Waals surface area (Å²) >= 11 is 3.34. The summed E-state index contributed by atoms with van der Waals surface area (Å²) in [5, 5.41) is 0. The maximum atomic E-state index is 11.5. The number of methoxy groups -OCH3 is 1. The first-order valence-corrected chi connectivity index (χ1v) is 6.19. The Morgan fingerprint density at radius 3 is 2.56 bits per heavy atom. The standard InChI is InChI=1S/C12H17BrN2O3/c1-12(2,3)18-11(16)15-14-9-6-5-8(13)7-10(9)17-4/h5-7,14H,1-4H3,(H,15,16). The number of nitrogens with one attached hydrogen (secondary N) is 2. The summed E-state index contributed by atoms with van der Waals surface area (Å²) in [4.78, 5) is 11.5. The SMILES string of the molecule is COc1cc(Br)ccc1NNC(=O)OC(C)(C)C. The molecule has 0 radical (unpaired) electrons. The second kappa shape index (κ2) is 5.95. The van der Waals surface area contributed by atoms with Gasteiger partial charge in [0.15, 0.2) is 0 Å². The molecule has 0 bridgehead atoms. The molecular weight excluding hydrogens is 300 g/mol. The minimum atomic E-state index is -0.549. The summed E-state index contributed by atoms with van der Waals surface area (Å²) in [7, 11) is 1.56. The number of rotatable bonds is 3. The van der Waals surface area contributed by atoms with E-state index in [1.54, 1.807) is 40.0 Å². The van der Waals surface area contributed by atoms with Gasteiger partial charge >= 0.3 is 6.09 Å². The molecule has 0 fully saturated rings. The Hall–Kier alpha value is -1.43. The molecule has 0 heterocycles. The number of halogens is 1. The van der Waals surface area contributed by atoms with E-state index in [1.807, 2.05) is 6.07 Å². The third kappa shape index (κ3) is 4.83. The van der Waals surface area contributed by atoms with Crippen LogP contribution in [-0.4, -0.2) is 18.8 Å². The number of hydrogen-bond acceptors (Lipinski definition) is 4. The van der Waals surface area contributed by atoms with Gasteiger partial charge in [0.2, 0.25) is 0 Å². The first-order valence-electron chi connectivity index (χ1n) is 5.40. The Morgan fingerprint density at radius 1 is 1.33 bits per heavy atom. The van der Waals surface area contributed by atoms with E-state index in [0.717, 1.165) is 4.47 Å². The number of hydrazine groups is 1. The van der Waals surface area contributed by atoms with Gasteiger partial charge in [-0.15, -0.1) is 0 Å². The first kappa shape index (κ1) is 14.6. The molecule has 1 aromatic rings. The predicted molar refractivity (Wildman–Crippen MR) is 73.7 cm³/mol. The van der Waals surface area contributed by atoms with Crippen LogP contribution in [0.3, 0.4) is 0 Å². The van der Waals surface area contributed by atoms with Crippen molar-refractivity contribution in [2.75, 3.05) is 12.5 Å². The Labute approximate surface area is 115 Å². The molecule has 6 heteroatoms. The van der Waals surface area contributed by atoms with Crippen molar-refractivity contribution in [1.82, 2.24) is 5.43 Å². The molecule has 1 rings (SSSR count). The smallest absolute Gasteiger partial charge is 0.426 e. The largest absolute Gasteiger partial charge is 0.494 e. The summed E-state index contributed by atoms with van der Waals surface area (Å²) in [6.07, 6.45) is -0.549. The van der Waals surface area contributed by atoms with E-state index in [-0.39, 0.29) is 0 Å². The zero-order valence-electron chi connectivity index (χ0n) is 10.8. The van der Waals surface area contributed by atoms with Crippen LogP contribution in [0.15, 0.2) is 22.7 Å². The molecule has 0 aliphatic carbocycles. The lowest BCUT2D eigenvalue weighted by Crippen LogP contribution is -2.35. The molecule has 2 N–H and O–H groups in total. The van der Waals surface area contributed by atoms with E-state index in [2.05, 4.69) is 26.8 Å². The molecule has 100 valence electrons. The second-order valence-electron chi connectivity index (χ2n) is 4.60. The van der Waals surface area contributed by atoms with Gasteiger partial charge in [-0.25, -0.2) is 10.2 Å². The normalized spacial score (nSPS) is 10.7. The van der Waals surface area contributed by atoms with Gasteiger partial charge in [-0.3, -0.25) is 5.43 Å². The lowest BCUT2D eigenvalue weighted by Gasteiger charge is -2.20. The number of carbonyl (C=O) groups excluding carboxylic acids is 1. The number of hydrogen-bond donors (Lipinski definition) is 2. The van der Waals surface area contributed by atoms with Crippen molar-refractivity contribution in [3.63, 3.8) is 0 Å². The number of ether oxygens (including phenoxy) is 2. The molecule has 0 atom stereocenters. The predicted octanol–water partition coefficient (Wildman–Crippen LogP) is 3.31. The summed E-state index contributed by atoms with van der Waals surface area (Å²) < 4.78 is 11.2. The van der Waals surface area contributed by atoms with Gasteiger partial charge in [0, 0.05) is 4.47 Å². The van der Waals surface area contributed by atoms with Gasteiger partial charge in [0.25, 0.3) is 0 Å². The van der Waals surface area contributed by atoms with Gasteiger partial charge in [0.05, 0.1) is 12.8 Å². The summed E-state index contributed by atoms with van der Waals surface area (Å²) in [6.45, 7) is 5.40. The van der Waals surface area contributed by atoms with Crippen molar-refractivity contribution in [1.29, 1.82) is 0 Å². The average Bonchev–Trinajstić information content (AvgIpc) is 2.24. The molecular formula is C12H17BrN2O3. The zero-order chi connectivity index (χ0) is 13.8. The Bertz CT molecular complexity index is 430. The van der Waals surface area contributed by atoms with Crippen molar-refractivity contribution in [3.05, 3.63) is 22.7 Å². The molecule has 0 aliphatic rings. The molecule has 5 nitrogen and oxygen atoms in total. The third-order valence-corrected chi connectivity index (χ3v) is 2.35. The van der Waals surface area contributed by atoms with E-state index in [4.69, 9.17) is 9.47 Å². The molecule has 0 saturated carbocycles. The fourth-order valence-corrected chi connectivity index (χ4v) is 1.53. The van der Waals surface area contributed by atoms with Gasteiger partial charge in [0.1, 0.15) is 11.4 Å². The van der Waals surface area contributed by atoms with Gasteiger partial charge in [-0.1, -0.05) is 15.9 Å². The van der Waals surface area contributed by atoms with Crippen LogP contribution in [0.4, 0.5) is 10.5 Å². The minimum Gasteiger partial charge on any atom is -0.494 e. The van der Waals surface area contributed by atoms with Crippen LogP contribution in [0, 0.1) is 0 Å². The number of amides is 1. The highest BCUT2D eigenvalue weighted by atomic mass is 79.9. The van der Waals surface area contributed by atoms with E-state index < -0.39 is 11.7 Å². The molecule has 18 heavy (non-hydrogen) atoms. The van der Waals surface area contributed by atoms with Crippen molar-refractivity contribution < 1.29 is 14.3 Å². The summed E-state index contributed by atoms with van der Waals surface area (Å²) in [5.41, 5.74) is 5.30. The zero-order valence-corrected chi connectivity index (χ0v) is 12.4. The van der Waals surface area contributed by atoms with Crippen LogP contribution in [-0.2, 0) is 4.74 Å². The Kier molecular flexibility index (Phi) is 4.84. The summed E-state index contributed by atoms with van der Waals surface area (Å²) in [6, 6.07) is 5.40. The Morgan fingerprint density at radius 2 is 2.00 bits per heavy atom. The molecule has 0 spiro atoms. The van der Waals surface area contributed by atoms with Gasteiger partial charge in [-0.05, 0) is 39.0 Å². The molecule has 0 aliphatic heterocycles. The van der Waals surface area contributed by atoms with E-state index >= 15 is 0 Å². The monoisotopic (exact) mass is 316 g/mol. The lowest BCUT2D eigenvalue weighted by atomic mass is 10.2. The van der Waals surface area contributed by atoms with Crippen LogP contribution < -0.4 is 15.6 Å². The van der Waals surface area contributed by atoms with Crippen LogP contribution in [0.1, 0.15) is 20.8 Å². The quantitative estimate of drug-likeness (QED) is 0.840. The maximum Gasteiger partial charge on any atom is 0.426 e. The molecule has 0 unspecified atom stereocenters. The number of benzene rings is 1. The fourth-order valence-electron chi connectivity index (χ4n) is 1.19. The minimum absolute atomic E-state index is 0.532. The van der Waals surface area contributed by atoms with Crippen LogP contribution >= 0.6 is 15.9 Å². The van der Waals surface area contributed by atoms with Crippen molar-refractivity contribution in [2.45, 2.75) is 26.4 Å². The molecule has 1 aromatic carbocycles. The van der Waals surface area contributed by atoms with E-state index in [1.165, 1.54) is 0 Å². The van der Waals surface area contributed by atoms with Crippen molar-refractivity contribution in [3.8, 4) is 5.75 Å². The van der Waals surface area contributed by atoms with Gasteiger partial charge < -0.3 is 9.47 Å². The second-order valence-corrected chi connectivity index (χ2v) is 5.51. The van der Waals surface area contributed by atoms with Crippen LogP contribution in [0.2, 0.25) is 0 Å². The first-order chi connectivity index (χ1) is 8.31. The average molecular weight is 317 g/mol. The topological polar surface area (TPSA) is 59.6 Å². The van der Waals surface area contributed by atoms with Crippen molar-refractivity contribution in [2.24, 2.45) is 0 Å².